The van der Waals surface area contributed by atoms with Crippen molar-refractivity contribution in [3.63, 3.8) is 0 Å². The van der Waals surface area contributed by atoms with Crippen molar-refractivity contribution in [2.24, 2.45) is 5.92 Å². The maximum Gasteiger partial charge on any atom is 0.410 e. The monoisotopic (exact) mass is 402 g/mol. The Labute approximate surface area is 174 Å². The summed E-state index contributed by atoms with van der Waals surface area (Å²) in [6, 6.07) is 10.2. The van der Waals surface area contributed by atoms with Crippen LogP contribution in [-0.4, -0.2) is 59.7 Å². The van der Waals surface area contributed by atoms with E-state index in [1.54, 1.807) is 0 Å². The van der Waals surface area contributed by atoms with Crippen molar-refractivity contribution in [2.45, 2.75) is 64.7 Å². The van der Waals surface area contributed by atoms with Gasteiger partial charge in [0, 0.05) is 19.1 Å². The van der Waals surface area contributed by atoms with Crippen molar-refractivity contribution in [1.29, 1.82) is 0 Å². The molecule has 0 saturated carbocycles. The maximum absolute atomic E-state index is 12.3. The first-order valence-corrected chi connectivity index (χ1v) is 10.7. The molecule has 2 heterocycles. The van der Waals surface area contributed by atoms with Gasteiger partial charge in [-0.15, -0.1) is 0 Å². The van der Waals surface area contributed by atoms with E-state index in [0.717, 1.165) is 57.4 Å². The number of amides is 1. The molecule has 0 unspecified atom stereocenters. The molecule has 0 bridgehead atoms. The Morgan fingerprint density at radius 1 is 0.966 bits per heavy atom. The maximum atomic E-state index is 12.3. The zero-order valence-corrected chi connectivity index (χ0v) is 17.9. The number of hydrogen-bond acceptors (Lipinski definition) is 5. The number of esters is 1. The van der Waals surface area contributed by atoms with Crippen LogP contribution in [0.1, 0.15) is 52.0 Å². The smallest absolute Gasteiger partial charge is 0.410 e. The van der Waals surface area contributed by atoms with Gasteiger partial charge >= 0.3 is 12.1 Å². The first-order valence-electron chi connectivity index (χ1n) is 10.7. The van der Waals surface area contributed by atoms with E-state index in [1.807, 2.05) is 56.0 Å². The van der Waals surface area contributed by atoms with Crippen LogP contribution in [0.15, 0.2) is 30.3 Å². The summed E-state index contributed by atoms with van der Waals surface area (Å²) in [5.41, 5.74) is 0.583. The van der Waals surface area contributed by atoms with Crippen LogP contribution in [0.4, 0.5) is 4.79 Å². The summed E-state index contributed by atoms with van der Waals surface area (Å²) < 4.78 is 11.0. The lowest BCUT2D eigenvalue weighted by molar-refractivity contribution is -0.161. The minimum atomic E-state index is -0.420. The van der Waals surface area contributed by atoms with Crippen LogP contribution in [0.25, 0.3) is 0 Å². The van der Waals surface area contributed by atoms with Gasteiger partial charge in [0.25, 0.3) is 0 Å². The van der Waals surface area contributed by atoms with Gasteiger partial charge in [0.15, 0.2) is 0 Å². The number of carbonyl (C=O) groups excluding carboxylic acids is 2. The Morgan fingerprint density at radius 2 is 1.59 bits per heavy atom. The molecule has 0 aromatic heterocycles. The summed E-state index contributed by atoms with van der Waals surface area (Å²) >= 11 is 0. The fourth-order valence-electron chi connectivity index (χ4n) is 4.11. The number of carbonyl (C=O) groups is 2. The number of likely N-dealkylation sites (tertiary alicyclic amines) is 2. The Bertz CT molecular complexity index is 670. The molecule has 2 aliphatic heterocycles. The lowest BCUT2D eigenvalue weighted by atomic mass is 9.93. The van der Waals surface area contributed by atoms with Crippen molar-refractivity contribution in [3.8, 4) is 0 Å². The molecule has 1 aromatic rings. The second kappa shape index (κ2) is 9.61. The van der Waals surface area contributed by atoms with Crippen LogP contribution in [0.2, 0.25) is 0 Å². The third-order valence-electron chi connectivity index (χ3n) is 5.71. The highest BCUT2D eigenvalue weighted by Crippen LogP contribution is 2.26. The predicted molar refractivity (Wildman–Crippen MR) is 111 cm³/mol. The van der Waals surface area contributed by atoms with Gasteiger partial charge in [-0.3, -0.25) is 4.79 Å². The molecule has 2 fully saturated rings. The van der Waals surface area contributed by atoms with E-state index in [0.29, 0.717) is 12.6 Å². The third kappa shape index (κ3) is 6.46. The molecule has 0 aliphatic carbocycles. The molecule has 160 valence electrons. The molecule has 29 heavy (non-hydrogen) atoms. The Morgan fingerprint density at radius 3 is 2.17 bits per heavy atom. The summed E-state index contributed by atoms with van der Waals surface area (Å²) in [6.07, 6.45) is 3.40. The normalized spacial score (nSPS) is 19.8. The molecule has 0 N–H and O–H groups in total. The Kier molecular flexibility index (Phi) is 7.17. The Balaban J connectivity index is 1.38. The third-order valence-corrected chi connectivity index (χ3v) is 5.71. The molecular weight excluding hydrogens is 368 g/mol. The van der Waals surface area contributed by atoms with E-state index < -0.39 is 5.60 Å². The van der Waals surface area contributed by atoms with Gasteiger partial charge in [0.1, 0.15) is 12.2 Å². The molecule has 6 nitrogen and oxygen atoms in total. The van der Waals surface area contributed by atoms with Crippen LogP contribution in [0, 0.1) is 5.92 Å². The number of piperidine rings is 2. The van der Waals surface area contributed by atoms with Crippen LogP contribution in [0.3, 0.4) is 0 Å². The van der Waals surface area contributed by atoms with Crippen molar-refractivity contribution in [2.75, 3.05) is 26.2 Å². The van der Waals surface area contributed by atoms with Crippen molar-refractivity contribution >= 4 is 12.1 Å². The highest BCUT2D eigenvalue weighted by atomic mass is 16.6. The van der Waals surface area contributed by atoms with Crippen molar-refractivity contribution in [3.05, 3.63) is 35.9 Å². The number of hydrogen-bond donors (Lipinski definition) is 0. The van der Waals surface area contributed by atoms with E-state index in [1.165, 1.54) is 0 Å². The summed E-state index contributed by atoms with van der Waals surface area (Å²) in [4.78, 5) is 28.9. The van der Waals surface area contributed by atoms with Gasteiger partial charge in [-0.25, -0.2) is 4.79 Å². The molecule has 0 spiro atoms. The first-order chi connectivity index (χ1) is 13.8. The average Bonchev–Trinajstić information content (AvgIpc) is 2.72. The van der Waals surface area contributed by atoms with Gasteiger partial charge < -0.3 is 19.3 Å². The van der Waals surface area contributed by atoms with E-state index in [9.17, 15) is 9.59 Å². The molecule has 2 saturated heterocycles. The Hall–Kier alpha value is -2.08. The van der Waals surface area contributed by atoms with Gasteiger partial charge in [-0.2, -0.15) is 0 Å². The lowest BCUT2D eigenvalue weighted by Crippen LogP contribution is -2.49. The second-order valence-corrected chi connectivity index (χ2v) is 9.10. The quantitative estimate of drug-likeness (QED) is 0.716. The lowest BCUT2D eigenvalue weighted by Gasteiger charge is -2.41. The van der Waals surface area contributed by atoms with E-state index in [2.05, 4.69) is 4.90 Å². The van der Waals surface area contributed by atoms with Crippen LogP contribution >= 0.6 is 0 Å². The molecule has 0 radical (unpaired) electrons. The predicted octanol–water partition coefficient (Wildman–Crippen LogP) is 3.84. The van der Waals surface area contributed by atoms with E-state index in [4.69, 9.17) is 9.47 Å². The zero-order chi connectivity index (χ0) is 20.9. The fourth-order valence-corrected chi connectivity index (χ4v) is 4.11. The zero-order valence-electron chi connectivity index (χ0n) is 17.9. The highest BCUT2D eigenvalue weighted by molar-refractivity contribution is 5.73. The van der Waals surface area contributed by atoms with E-state index in [-0.39, 0.29) is 18.0 Å². The molecule has 0 atom stereocenters. The average molecular weight is 403 g/mol. The fraction of sp³-hybridized carbons (Fsp3) is 0.652. The molecule has 1 amide bonds. The number of rotatable bonds is 4. The summed E-state index contributed by atoms with van der Waals surface area (Å²) in [7, 11) is 0. The van der Waals surface area contributed by atoms with Gasteiger partial charge in [0.2, 0.25) is 0 Å². The largest absolute Gasteiger partial charge is 0.460 e. The summed E-state index contributed by atoms with van der Waals surface area (Å²) in [5, 5.41) is 0. The van der Waals surface area contributed by atoms with Gasteiger partial charge in [0.05, 0.1) is 5.92 Å². The molecule has 1 aromatic carbocycles. The number of benzene rings is 1. The number of ether oxygens (including phenoxy) is 2. The highest BCUT2D eigenvalue weighted by Gasteiger charge is 2.33. The molecule has 3 rings (SSSR count). The van der Waals surface area contributed by atoms with Crippen molar-refractivity contribution in [1.82, 2.24) is 9.80 Å². The molecule has 6 heteroatoms. The summed E-state index contributed by atoms with van der Waals surface area (Å²) in [6.45, 7) is 9.36. The van der Waals surface area contributed by atoms with Crippen LogP contribution in [-0.2, 0) is 20.9 Å². The van der Waals surface area contributed by atoms with Crippen LogP contribution < -0.4 is 0 Å². The van der Waals surface area contributed by atoms with Crippen molar-refractivity contribution < 1.29 is 19.1 Å². The topological polar surface area (TPSA) is 59.1 Å². The first kappa shape index (κ1) is 21.6. The van der Waals surface area contributed by atoms with E-state index >= 15 is 0 Å². The standard InChI is InChI=1S/C23H34N2O4/c1-23(2,3)29-21(26)19-9-13-24(14-10-19)20-11-15-25(16-12-20)22(27)28-17-18-7-5-4-6-8-18/h4-8,19-20H,9-17H2,1-3H3. The van der Waals surface area contributed by atoms with Crippen LogP contribution in [0.5, 0.6) is 0 Å². The second-order valence-electron chi connectivity index (χ2n) is 9.10. The minimum absolute atomic E-state index is 0.0125. The molecule has 2 aliphatic rings. The van der Waals surface area contributed by atoms with Gasteiger partial charge in [-0.05, 0) is 65.1 Å². The number of nitrogens with zero attached hydrogens (tertiary/aromatic N) is 2. The SMILES string of the molecule is CC(C)(C)OC(=O)C1CCN(C2CCN(C(=O)OCc3ccccc3)CC2)CC1. The molecular formula is C23H34N2O4. The summed E-state index contributed by atoms with van der Waals surface area (Å²) in [5.74, 6) is -0.0494. The minimum Gasteiger partial charge on any atom is -0.460 e. The van der Waals surface area contributed by atoms with Gasteiger partial charge in [-0.1, -0.05) is 30.3 Å².